The molecule has 2 amide bonds. The van der Waals surface area contributed by atoms with Crippen LogP contribution in [0.3, 0.4) is 0 Å². The summed E-state index contributed by atoms with van der Waals surface area (Å²) in [5.74, 6) is -0.773. The molecule has 11 heteroatoms. The molecular formula is C34H42N2O8S. The molecule has 1 atom stereocenters. The van der Waals surface area contributed by atoms with Crippen molar-refractivity contribution in [3.63, 3.8) is 0 Å². The molecule has 1 aliphatic carbocycles. The number of carbonyl (C=O) groups is 2. The van der Waals surface area contributed by atoms with Gasteiger partial charge >= 0.3 is 6.09 Å². The second-order valence-corrected chi connectivity index (χ2v) is 13.0. The predicted molar refractivity (Wildman–Crippen MR) is 171 cm³/mol. The number of amides is 2. The zero-order chi connectivity index (χ0) is 32.1. The van der Waals surface area contributed by atoms with Gasteiger partial charge in [0.15, 0.2) is 0 Å². The van der Waals surface area contributed by atoms with Crippen molar-refractivity contribution < 1.29 is 37.7 Å². The smallest absolute Gasteiger partial charge is 0.407 e. The number of sulfonamides is 1. The summed E-state index contributed by atoms with van der Waals surface area (Å²) in [7, 11) is -3.90. The van der Waals surface area contributed by atoms with Crippen LogP contribution in [-0.2, 0) is 21.2 Å². The second kappa shape index (κ2) is 17.0. The Bertz CT molecular complexity index is 1490. The Morgan fingerprint density at radius 1 is 0.911 bits per heavy atom. The molecule has 0 heterocycles. The van der Waals surface area contributed by atoms with E-state index in [2.05, 4.69) is 10.0 Å². The summed E-state index contributed by atoms with van der Waals surface area (Å²) in [4.78, 5) is 25.0. The lowest BCUT2D eigenvalue weighted by molar-refractivity contribution is 0.0969. The van der Waals surface area contributed by atoms with Crippen LogP contribution in [0.1, 0.15) is 72.5 Å². The number of alkyl carbamates (subject to hydrolysis) is 1. The molecule has 0 aromatic heterocycles. The lowest BCUT2D eigenvalue weighted by atomic mass is 9.97. The third kappa shape index (κ3) is 10.9. The van der Waals surface area contributed by atoms with Crippen LogP contribution >= 0.6 is 0 Å². The number of carbonyl (C=O) groups excluding carboxylic acids is 2. The predicted octanol–water partition coefficient (Wildman–Crippen LogP) is 4.90. The van der Waals surface area contributed by atoms with Crippen LogP contribution < -0.4 is 14.8 Å². The van der Waals surface area contributed by atoms with Gasteiger partial charge in [-0.15, -0.1) is 0 Å². The molecule has 1 saturated carbocycles. The van der Waals surface area contributed by atoms with E-state index in [1.807, 2.05) is 42.5 Å². The van der Waals surface area contributed by atoms with Crippen molar-refractivity contribution in [2.24, 2.45) is 0 Å². The summed E-state index contributed by atoms with van der Waals surface area (Å²) < 4.78 is 38.2. The summed E-state index contributed by atoms with van der Waals surface area (Å²) in [6, 6.07) is 22.1. The standard InChI is InChI=1S/C34H42N2O8S/c37-20-8-22-45(41,42)36-33(39)30-19-18-28(23-32(30)44-29-12-5-2-6-13-29)26-16-14-25(15-17-26)9-7-21-43-34(40)35-24-31(38)27-10-3-1-4-11-27/h1,3-4,10-11,14-19,23,29,31,37-38H,2,5-9,12-13,20-22,24H2,(H,35,40)(H,36,39)/t31-/m0/s1. The van der Waals surface area contributed by atoms with E-state index in [-0.39, 0.29) is 43.6 Å². The molecule has 0 bridgehead atoms. The minimum absolute atomic E-state index is 0.0333. The maximum atomic E-state index is 13.0. The van der Waals surface area contributed by atoms with E-state index in [0.717, 1.165) is 54.4 Å². The quantitative estimate of drug-likeness (QED) is 0.172. The Kier molecular flexibility index (Phi) is 12.8. The van der Waals surface area contributed by atoms with Gasteiger partial charge in [-0.25, -0.2) is 17.9 Å². The van der Waals surface area contributed by atoms with Crippen LogP contribution in [-0.4, -0.2) is 62.2 Å². The molecule has 1 fully saturated rings. The fourth-order valence-corrected chi connectivity index (χ4v) is 6.18. The van der Waals surface area contributed by atoms with Gasteiger partial charge in [0.25, 0.3) is 5.91 Å². The van der Waals surface area contributed by atoms with E-state index >= 15 is 0 Å². The Balaban J connectivity index is 1.33. The number of hydrogen-bond acceptors (Lipinski definition) is 8. The zero-order valence-electron chi connectivity index (χ0n) is 25.3. The summed E-state index contributed by atoms with van der Waals surface area (Å²) >= 11 is 0. The van der Waals surface area contributed by atoms with Crippen molar-refractivity contribution in [2.45, 2.75) is 63.6 Å². The molecule has 10 nitrogen and oxygen atoms in total. The summed E-state index contributed by atoms with van der Waals surface area (Å²) in [5.41, 5.74) is 3.65. The first-order valence-corrected chi connectivity index (χ1v) is 17.1. The number of aryl methyl sites for hydroxylation is 1. The number of aliphatic hydroxyl groups is 2. The van der Waals surface area contributed by atoms with Gasteiger partial charge in [0, 0.05) is 6.61 Å². The van der Waals surface area contributed by atoms with Gasteiger partial charge in [0.05, 0.1) is 36.7 Å². The number of rotatable bonds is 15. The number of ether oxygens (including phenoxy) is 2. The topological polar surface area (TPSA) is 151 Å². The van der Waals surface area contributed by atoms with Crippen LogP contribution in [0.2, 0.25) is 0 Å². The van der Waals surface area contributed by atoms with E-state index in [9.17, 15) is 23.1 Å². The molecule has 4 rings (SSSR count). The summed E-state index contributed by atoms with van der Waals surface area (Å²) in [6.45, 7) is 0.00807. The average molecular weight is 639 g/mol. The number of aliphatic hydroxyl groups excluding tert-OH is 2. The zero-order valence-corrected chi connectivity index (χ0v) is 26.1. The number of nitrogens with one attached hydrogen (secondary N) is 2. The fourth-order valence-electron chi connectivity index (χ4n) is 5.18. The Labute approximate surface area is 264 Å². The lowest BCUT2D eigenvalue weighted by Crippen LogP contribution is -2.33. The minimum Gasteiger partial charge on any atom is -0.490 e. The third-order valence-electron chi connectivity index (χ3n) is 7.65. The van der Waals surface area contributed by atoms with Gasteiger partial charge in [-0.3, -0.25) is 4.79 Å². The van der Waals surface area contributed by atoms with E-state index in [0.29, 0.717) is 18.6 Å². The first-order valence-electron chi connectivity index (χ1n) is 15.4. The molecule has 1 aliphatic rings. The number of hydrogen-bond donors (Lipinski definition) is 4. The largest absolute Gasteiger partial charge is 0.490 e. The van der Waals surface area contributed by atoms with E-state index in [1.54, 1.807) is 30.3 Å². The van der Waals surface area contributed by atoms with E-state index in [1.165, 1.54) is 0 Å². The molecular weight excluding hydrogens is 596 g/mol. The van der Waals surface area contributed by atoms with E-state index in [4.69, 9.17) is 14.6 Å². The van der Waals surface area contributed by atoms with Crippen LogP contribution in [0.25, 0.3) is 11.1 Å². The van der Waals surface area contributed by atoms with Crippen LogP contribution in [0.5, 0.6) is 5.75 Å². The van der Waals surface area contributed by atoms with Crippen molar-refractivity contribution in [3.05, 3.63) is 89.5 Å². The Hall–Kier alpha value is -3.93. The maximum Gasteiger partial charge on any atom is 0.407 e. The summed E-state index contributed by atoms with van der Waals surface area (Å²) in [5, 5.41) is 21.7. The minimum atomic E-state index is -3.90. The molecule has 3 aromatic rings. The first kappa shape index (κ1) is 34.0. The second-order valence-electron chi connectivity index (χ2n) is 11.2. The first-order chi connectivity index (χ1) is 21.7. The molecule has 0 saturated heterocycles. The molecule has 0 aliphatic heterocycles. The monoisotopic (exact) mass is 638 g/mol. The van der Waals surface area contributed by atoms with Crippen molar-refractivity contribution in [2.75, 3.05) is 25.5 Å². The van der Waals surface area contributed by atoms with Crippen LogP contribution in [0, 0.1) is 0 Å². The van der Waals surface area contributed by atoms with Crippen molar-refractivity contribution in [1.29, 1.82) is 0 Å². The molecule has 45 heavy (non-hydrogen) atoms. The van der Waals surface area contributed by atoms with E-state index < -0.39 is 28.1 Å². The van der Waals surface area contributed by atoms with Crippen molar-refractivity contribution >= 4 is 22.0 Å². The highest BCUT2D eigenvalue weighted by atomic mass is 32.2. The maximum absolute atomic E-state index is 13.0. The van der Waals surface area contributed by atoms with Gasteiger partial charge < -0.3 is 25.0 Å². The van der Waals surface area contributed by atoms with Gasteiger partial charge in [0.1, 0.15) is 5.75 Å². The summed E-state index contributed by atoms with van der Waals surface area (Å²) in [6.07, 6.45) is 4.88. The molecule has 0 spiro atoms. The average Bonchev–Trinajstić information content (AvgIpc) is 3.05. The molecule has 0 unspecified atom stereocenters. The van der Waals surface area contributed by atoms with Gasteiger partial charge in [0.2, 0.25) is 10.0 Å². The highest BCUT2D eigenvalue weighted by Gasteiger charge is 2.23. The van der Waals surface area contributed by atoms with Crippen molar-refractivity contribution in [3.8, 4) is 16.9 Å². The van der Waals surface area contributed by atoms with Crippen LogP contribution in [0.15, 0.2) is 72.8 Å². The SMILES string of the molecule is O=C(NC[C@H](O)c1ccccc1)OCCCc1ccc(-c2ccc(C(=O)NS(=O)(=O)CCCO)c(OC3CCCCC3)c2)cc1. The normalized spacial score (nSPS) is 14.4. The number of benzene rings is 3. The third-order valence-corrected chi connectivity index (χ3v) is 8.97. The molecule has 0 radical (unpaired) electrons. The van der Waals surface area contributed by atoms with Crippen molar-refractivity contribution in [1.82, 2.24) is 10.0 Å². The van der Waals surface area contributed by atoms with Gasteiger partial charge in [-0.1, -0.05) is 67.1 Å². The lowest BCUT2D eigenvalue weighted by Gasteiger charge is -2.24. The fraction of sp³-hybridized carbons (Fsp3) is 0.412. The molecule has 4 N–H and O–H groups in total. The molecule has 242 valence electrons. The highest BCUT2D eigenvalue weighted by Crippen LogP contribution is 2.31. The highest BCUT2D eigenvalue weighted by molar-refractivity contribution is 7.90. The Morgan fingerprint density at radius 2 is 1.62 bits per heavy atom. The van der Waals surface area contributed by atoms with Gasteiger partial charge in [-0.05, 0) is 79.3 Å². The van der Waals surface area contributed by atoms with Gasteiger partial charge in [-0.2, -0.15) is 0 Å². The Morgan fingerprint density at radius 3 is 2.33 bits per heavy atom. The molecule has 3 aromatic carbocycles. The van der Waals surface area contributed by atoms with Crippen LogP contribution in [0.4, 0.5) is 4.79 Å².